The van der Waals surface area contributed by atoms with Crippen molar-refractivity contribution in [3.05, 3.63) is 23.3 Å². The second-order valence-corrected chi connectivity index (χ2v) is 4.68. The maximum absolute atomic E-state index is 10.9. The molecule has 2 rings (SSSR count). The first-order chi connectivity index (χ1) is 8.08. The molecular formula is C12H17N3O2. The Morgan fingerprint density at radius 3 is 3.06 bits per heavy atom. The lowest BCUT2D eigenvalue weighted by molar-refractivity contribution is -0.141. The van der Waals surface area contributed by atoms with Crippen LogP contribution in [0.2, 0.25) is 0 Å². The minimum Gasteiger partial charge on any atom is -0.481 e. The zero-order chi connectivity index (χ0) is 12.4. The van der Waals surface area contributed by atoms with Gasteiger partial charge >= 0.3 is 5.97 Å². The Hall–Kier alpha value is -1.49. The quantitative estimate of drug-likeness (QED) is 0.836. The number of fused-ring (bicyclic) bond motifs is 1. The first-order valence-electron chi connectivity index (χ1n) is 5.81. The molecule has 0 aliphatic carbocycles. The Morgan fingerprint density at radius 2 is 2.35 bits per heavy atom. The van der Waals surface area contributed by atoms with Gasteiger partial charge in [-0.1, -0.05) is 6.92 Å². The van der Waals surface area contributed by atoms with E-state index in [1.807, 2.05) is 0 Å². The molecule has 0 aromatic carbocycles. The normalized spacial score (nSPS) is 17.5. The highest BCUT2D eigenvalue weighted by molar-refractivity contribution is 5.69. The van der Waals surface area contributed by atoms with Gasteiger partial charge in [-0.25, -0.2) is 9.97 Å². The van der Waals surface area contributed by atoms with Crippen LogP contribution in [0.3, 0.4) is 0 Å². The van der Waals surface area contributed by atoms with E-state index in [1.54, 1.807) is 13.3 Å². The van der Waals surface area contributed by atoms with E-state index in [0.29, 0.717) is 6.42 Å². The zero-order valence-electron chi connectivity index (χ0n) is 10.2. The van der Waals surface area contributed by atoms with E-state index < -0.39 is 11.9 Å². The van der Waals surface area contributed by atoms with Gasteiger partial charge in [0.05, 0.1) is 5.92 Å². The topological polar surface area (TPSA) is 66.3 Å². The third kappa shape index (κ3) is 2.61. The van der Waals surface area contributed by atoms with Gasteiger partial charge in [-0.2, -0.15) is 0 Å². The molecule has 1 aromatic rings. The van der Waals surface area contributed by atoms with E-state index in [0.717, 1.165) is 36.5 Å². The molecule has 5 nitrogen and oxygen atoms in total. The summed E-state index contributed by atoms with van der Waals surface area (Å²) >= 11 is 0. The molecule has 1 aliphatic heterocycles. The summed E-state index contributed by atoms with van der Waals surface area (Å²) in [6.45, 7) is 3.53. The van der Waals surface area contributed by atoms with Crippen LogP contribution < -0.4 is 0 Å². The highest BCUT2D eigenvalue weighted by Gasteiger charge is 2.21. The Bertz CT molecular complexity index is 434. The molecule has 92 valence electrons. The van der Waals surface area contributed by atoms with Crippen molar-refractivity contribution < 1.29 is 9.90 Å². The van der Waals surface area contributed by atoms with Crippen molar-refractivity contribution >= 4 is 5.97 Å². The molecule has 5 heteroatoms. The summed E-state index contributed by atoms with van der Waals surface area (Å²) in [5.41, 5.74) is 3.08. The molecule has 0 bridgehead atoms. The van der Waals surface area contributed by atoms with Gasteiger partial charge in [0.2, 0.25) is 0 Å². The van der Waals surface area contributed by atoms with Crippen LogP contribution in [-0.2, 0) is 24.2 Å². The Kier molecular flexibility index (Phi) is 3.38. The van der Waals surface area contributed by atoms with E-state index >= 15 is 0 Å². The van der Waals surface area contributed by atoms with Crippen LogP contribution in [0.5, 0.6) is 0 Å². The summed E-state index contributed by atoms with van der Waals surface area (Å²) in [7, 11) is 2.06. The van der Waals surface area contributed by atoms with Crippen molar-refractivity contribution in [2.75, 3.05) is 13.6 Å². The predicted molar refractivity (Wildman–Crippen MR) is 62.6 cm³/mol. The largest absolute Gasteiger partial charge is 0.481 e. The SMILES string of the molecule is CC(Cc1ncnc2c1CN(C)CC2)C(=O)O. The van der Waals surface area contributed by atoms with Crippen molar-refractivity contribution in [3.63, 3.8) is 0 Å². The highest BCUT2D eigenvalue weighted by atomic mass is 16.4. The molecule has 1 N–H and O–H groups in total. The van der Waals surface area contributed by atoms with Crippen LogP contribution in [0.25, 0.3) is 0 Å². The number of hydrogen-bond acceptors (Lipinski definition) is 4. The number of nitrogens with zero attached hydrogens (tertiary/aromatic N) is 3. The summed E-state index contributed by atoms with van der Waals surface area (Å²) < 4.78 is 0. The maximum Gasteiger partial charge on any atom is 0.306 e. The minimum absolute atomic E-state index is 0.402. The second-order valence-electron chi connectivity index (χ2n) is 4.68. The predicted octanol–water partition coefficient (Wildman–Crippen LogP) is 0.728. The molecule has 2 heterocycles. The molecule has 0 amide bonds. The fraction of sp³-hybridized carbons (Fsp3) is 0.583. The molecule has 1 aliphatic rings. The summed E-state index contributed by atoms with van der Waals surface area (Å²) in [4.78, 5) is 21.6. The molecule has 0 saturated heterocycles. The van der Waals surface area contributed by atoms with Gasteiger partial charge < -0.3 is 10.0 Å². The van der Waals surface area contributed by atoms with Crippen LogP contribution in [0, 0.1) is 5.92 Å². The molecule has 0 spiro atoms. The van der Waals surface area contributed by atoms with E-state index in [4.69, 9.17) is 5.11 Å². The van der Waals surface area contributed by atoms with Crippen LogP contribution in [0.1, 0.15) is 23.9 Å². The molecule has 1 atom stereocenters. The van der Waals surface area contributed by atoms with E-state index in [9.17, 15) is 4.79 Å². The Balaban J connectivity index is 2.26. The number of aliphatic carboxylic acids is 1. The lowest BCUT2D eigenvalue weighted by Crippen LogP contribution is -2.29. The number of hydrogen-bond donors (Lipinski definition) is 1. The summed E-state index contributed by atoms with van der Waals surface area (Å²) in [6.07, 6.45) is 2.95. The number of aromatic nitrogens is 2. The smallest absolute Gasteiger partial charge is 0.306 e. The highest BCUT2D eigenvalue weighted by Crippen LogP contribution is 2.20. The average Bonchev–Trinajstić information content (AvgIpc) is 2.29. The van der Waals surface area contributed by atoms with Gasteiger partial charge in [0.15, 0.2) is 0 Å². The number of carboxylic acid groups (broad SMARTS) is 1. The van der Waals surface area contributed by atoms with Gasteiger partial charge in [-0.05, 0) is 7.05 Å². The molecule has 0 fully saturated rings. The van der Waals surface area contributed by atoms with E-state index in [2.05, 4.69) is 21.9 Å². The van der Waals surface area contributed by atoms with Crippen LogP contribution in [0.15, 0.2) is 6.33 Å². The summed E-state index contributed by atoms with van der Waals surface area (Å²) in [5, 5.41) is 8.95. The first kappa shape index (κ1) is 12.0. The van der Waals surface area contributed by atoms with E-state index in [1.165, 1.54) is 0 Å². The van der Waals surface area contributed by atoms with Crippen molar-refractivity contribution in [2.24, 2.45) is 5.92 Å². The van der Waals surface area contributed by atoms with Crippen molar-refractivity contribution in [1.82, 2.24) is 14.9 Å². The summed E-state index contributed by atoms with van der Waals surface area (Å²) in [6, 6.07) is 0. The lowest BCUT2D eigenvalue weighted by Gasteiger charge is -2.25. The van der Waals surface area contributed by atoms with Crippen molar-refractivity contribution in [3.8, 4) is 0 Å². The molecular weight excluding hydrogens is 218 g/mol. The van der Waals surface area contributed by atoms with Gasteiger partial charge in [0.1, 0.15) is 6.33 Å². The maximum atomic E-state index is 10.9. The average molecular weight is 235 g/mol. The van der Waals surface area contributed by atoms with Crippen LogP contribution in [-0.4, -0.2) is 39.5 Å². The number of carboxylic acids is 1. The Morgan fingerprint density at radius 1 is 1.59 bits per heavy atom. The first-order valence-corrected chi connectivity index (χ1v) is 5.81. The van der Waals surface area contributed by atoms with Crippen LogP contribution in [0.4, 0.5) is 0 Å². The van der Waals surface area contributed by atoms with Gasteiger partial charge in [-0.15, -0.1) is 0 Å². The molecule has 1 aromatic heterocycles. The second kappa shape index (κ2) is 4.79. The van der Waals surface area contributed by atoms with E-state index in [-0.39, 0.29) is 0 Å². The fourth-order valence-corrected chi connectivity index (χ4v) is 2.09. The number of likely N-dealkylation sites (N-methyl/N-ethyl adjacent to an activating group) is 1. The van der Waals surface area contributed by atoms with Crippen LogP contribution >= 0.6 is 0 Å². The zero-order valence-corrected chi connectivity index (χ0v) is 10.2. The molecule has 0 radical (unpaired) electrons. The lowest BCUT2D eigenvalue weighted by atomic mass is 9.98. The van der Waals surface area contributed by atoms with Gasteiger partial charge in [0, 0.05) is 42.9 Å². The number of rotatable bonds is 3. The van der Waals surface area contributed by atoms with Crippen molar-refractivity contribution in [1.29, 1.82) is 0 Å². The standard InChI is InChI=1S/C12H17N3O2/c1-8(12(16)17)5-11-9-6-15(2)4-3-10(9)13-7-14-11/h7-8H,3-6H2,1-2H3,(H,16,17). The third-order valence-corrected chi connectivity index (χ3v) is 3.20. The Labute approximate surface area is 100 Å². The van der Waals surface area contributed by atoms with Gasteiger partial charge in [-0.3, -0.25) is 4.79 Å². The number of carbonyl (C=O) groups is 1. The molecule has 1 unspecified atom stereocenters. The van der Waals surface area contributed by atoms with Crippen molar-refractivity contribution in [2.45, 2.75) is 26.3 Å². The molecule has 17 heavy (non-hydrogen) atoms. The monoisotopic (exact) mass is 235 g/mol. The van der Waals surface area contributed by atoms with Gasteiger partial charge in [0.25, 0.3) is 0 Å². The fourth-order valence-electron chi connectivity index (χ4n) is 2.09. The minimum atomic E-state index is -0.776. The molecule has 0 saturated carbocycles. The summed E-state index contributed by atoms with van der Waals surface area (Å²) in [5.74, 6) is -1.18. The third-order valence-electron chi connectivity index (χ3n) is 3.20.